The zero-order chi connectivity index (χ0) is 21.7. The first-order valence-corrected chi connectivity index (χ1v) is 9.66. The first-order chi connectivity index (χ1) is 14.5. The van der Waals surface area contributed by atoms with Crippen molar-refractivity contribution >= 4 is 10.9 Å². The van der Waals surface area contributed by atoms with E-state index in [1.54, 1.807) is 33.5 Å². The Balaban J connectivity index is 1.73. The van der Waals surface area contributed by atoms with Crippen LogP contribution in [0.3, 0.4) is 0 Å². The Morgan fingerprint density at radius 3 is 2.20 bits per heavy atom. The maximum Gasteiger partial charge on any atom is 0.259 e. The van der Waals surface area contributed by atoms with Crippen LogP contribution in [0.4, 0.5) is 0 Å². The first kappa shape index (κ1) is 21.4. The Bertz CT molecular complexity index is 1080. The number of aromatic nitrogens is 2. The number of hydrogen-bond acceptors (Lipinski definition) is 6. The molecule has 2 N–H and O–H groups in total. The van der Waals surface area contributed by atoms with E-state index in [1.165, 1.54) is 12.0 Å². The molecular weight excluding hydrogens is 386 g/mol. The van der Waals surface area contributed by atoms with E-state index in [9.17, 15) is 4.79 Å². The summed E-state index contributed by atoms with van der Waals surface area (Å²) in [4.78, 5) is 21.2. The van der Waals surface area contributed by atoms with E-state index in [4.69, 9.17) is 18.9 Å². The highest BCUT2D eigenvalue weighted by molar-refractivity contribution is 5.81. The van der Waals surface area contributed by atoms with Crippen molar-refractivity contribution in [3.8, 4) is 23.0 Å². The minimum atomic E-state index is -0.191. The van der Waals surface area contributed by atoms with Crippen molar-refractivity contribution in [1.29, 1.82) is 0 Å². The molecule has 0 aliphatic carbocycles. The second kappa shape index (κ2) is 9.49. The topological polar surface area (TPSA) is 87.1 Å². The molecule has 1 atom stereocenters. The van der Waals surface area contributed by atoms with Gasteiger partial charge in [-0.15, -0.1) is 0 Å². The van der Waals surface area contributed by atoms with Gasteiger partial charge >= 0.3 is 0 Å². The van der Waals surface area contributed by atoms with Crippen LogP contribution in [0.5, 0.6) is 23.0 Å². The fourth-order valence-electron chi connectivity index (χ4n) is 3.37. The van der Waals surface area contributed by atoms with E-state index in [0.29, 0.717) is 40.5 Å². The van der Waals surface area contributed by atoms with Crippen LogP contribution in [0.2, 0.25) is 0 Å². The summed E-state index contributed by atoms with van der Waals surface area (Å²) < 4.78 is 21.3. The lowest BCUT2D eigenvalue weighted by atomic mass is 10.1. The number of nitrogens with one attached hydrogen (secondary N) is 2. The summed E-state index contributed by atoms with van der Waals surface area (Å²) in [5.41, 5.74) is 1.55. The smallest absolute Gasteiger partial charge is 0.259 e. The monoisotopic (exact) mass is 414 g/mol. The molecule has 3 aromatic rings. The quantitative estimate of drug-likeness (QED) is 0.548. The molecule has 0 bridgehead atoms. The number of fused-ring (bicyclic) bond motifs is 1. The van der Waals surface area contributed by atoms with Gasteiger partial charge < -0.3 is 28.8 Å². The molecule has 8 nitrogen and oxygen atoms in total. The number of quaternary nitrogens is 1. The van der Waals surface area contributed by atoms with Gasteiger partial charge in [-0.05, 0) is 23.8 Å². The molecular formula is C22H28N3O5+. The van der Waals surface area contributed by atoms with Crippen molar-refractivity contribution in [3.63, 3.8) is 0 Å². The van der Waals surface area contributed by atoms with Crippen molar-refractivity contribution in [3.05, 3.63) is 52.1 Å². The van der Waals surface area contributed by atoms with Crippen molar-refractivity contribution in [2.45, 2.75) is 13.0 Å². The minimum Gasteiger partial charge on any atom is -0.493 e. The van der Waals surface area contributed by atoms with Gasteiger partial charge in [0.05, 0.1) is 52.9 Å². The number of ether oxygens (including phenoxy) is 4. The van der Waals surface area contributed by atoms with E-state index in [0.717, 1.165) is 24.3 Å². The number of hydrogen-bond donors (Lipinski definition) is 2. The van der Waals surface area contributed by atoms with E-state index < -0.39 is 0 Å². The summed E-state index contributed by atoms with van der Waals surface area (Å²) in [6.07, 6.45) is 0.856. The highest BCUT2D eigenvalue weighted by Crippen LogP contribution is 2.30. The van der Waals surface area contributed by atoms with Crippen LogP contribution >= 0.6 is 0 Å². The normalized spacial score (nSPS) is 11.9. The van der Waals surface area contributed by atoms with Crippen LogP contribution in [-0.2, 0) is 13.0 Å². The summed E-state index contributed by atoms with van der Waals surface area (Å²) in [5, 5.41) is 0.472. The number of benzene rings is 2. The number of rotatable bonds is 9. The third-order valence-corrected chi connectivity index (χ3v) is 5.02. The van der Waals surface area contributed by atoms with E-state index >= 15 is 0 Å². The number of H-pyrrole nitrogens is 1. The molecule has 0 aliphatic heterocycles. The van der Waals surface area contributed by atoms with Gasteiger partial charge in [-0.1, -0.05) is 6.07 Å². The van der Waals surface area contributed by atoms with Crippen LogP contribution < -0.4 is 29.4 Å². The van der Waals surface area contributed by atoms with Crippen molar-refractivity contribution in [2.24, 2.45) is 0 Å². The maximum absolute atomic E-state index is 12.5. The van der Waals surface area contributed by atoms with Crippen LogP contribution in [0, 0.1) is 0 Å². The SMILES string of the molecule is COc1ccc(CC[NH+](C)Cc2nc3cc(OC)c(OC)cc3c(=O)[nH]2)cc1OC. The van der Waals surface area contributed by atoms with Crippen LogP contribution in [0.25, 0.3) is 10.9 Å². The predicted molar refractivity (Wildman–Crippen MR) is 114 cm³/mol. The van der Waals surface area contributed by atoms with Gasteiger partial charge in [0.15, 0.2) is 28.8 Å². The fourth-order valence-corrected chi connectivity index (χ4v) is 3.37. The highest BCUT2D eigenvalue weighted by Gasteiger charge is 2.13. The lowest BCUT2D eigenvalue weighted by Gasteiger charge is -2.15. The van der Waals surface area contributed by atoms with E-state index in [2.05, 4.69) is 17.0 Å². The Morgan fingerprint density at radius 2 is 1.53 bits per heavy atom. The Hall–Kier alpha value is -3.26. The lowest BCUT2D eigenvalue weighted by Crippen LogP contribution is -3.08. The molecule has 0 aliphatic rings. The van der Waals surface area contributed by atoms with Crippen LogP contribution in [-0.4, -0.2) is 52.0 Å². The lowest BCUT2D eigenvalue weighted by molar-refractivity contribution is -0.894. The summed E-state index contributed by atoms with van der Waals surface area (Å²) in [7, 11) is 8.42. The van der Waals surface area contributed by atoms with Crippen molar-refractivity contribution in [2.75, 3.05) is 42.0 Å². The second-order valence-electron chi connectivity index (χ2n) is 7.06. The molecule has 3 rings (SSSR count). The molecule has 30 heavy (non-hydrogen) atoms. The van der Waals surface area contributed by atoms with Gasteiger partial charge in [0.2, 0.25) is 0 Å². The number of aromatic amines is 1. The second-order valence-corrected chi connectivity index (χ2v) is 7.06. The Kier molecular flexibility index (Phi) is 6.79. The summed E-state index contributed by atoms with van der Waals surface area (Å²) in [5.74, 6) is 3.11. The number of likely N-dealkylation sites (N-methyl/N-ethyl adjacent to an activating group) is 1. The molecule has 0 radical (unpaired) electrons. The Morgan fingerprint density at radius 1 is 0.900 bits per heavy atom. The molecule has 160 valence electrons. The summed E-state index contributed by atoms with van der Waals surface area (Å²) in [6, 6.07) is 9.31. The summed E-state index contributed by atoms with van der Waals surface area (Å²) >= 11 is 0. The van der Waals surface area contributed by atoms with Crippen molar-refractivity contribution < 1.29 is 23.8 Å². The largest absolute Gasteiger partial charge is 0.493 e. The predicted octanol–water partition coefficient (Wildman–Crippen LogP) is 1.21. The molecule has 1 unspecified atom stereocenters. The molecule has 0 saturated heterocycles. The highest BCUT2D eigenvalue weighted by atomic mass is 16.5. The standard InChI is InChI=1S/C22H27N3O5/c1-25(9-8-14-6-7-17(27-2)18(10-14)28-3)13-21-23-16-12-20(30-5)19(29-4)11-15(16)22(26)24-21/h6-7,10-12H,8-9,13H2,1-5H3,(H,23,24,26)/p+1. The first-order valence-electron chi connectivity index (χ1n) is 9.66. The molecule has 8 heteroatoms. The van der Waals surface area contributed by atoms with E-state index in [1.807, 2.05) is 18.2 Å². The molecule has 0 saturated carbocycles. The zero-order valence-electron chi connectivity index (χ0n) is 18.0. The average molecular weight is 414 g/mol. The van der Waals surface area contributed by atoms with Gasteiger partial charge in [0, 0.05) is 12.5 Å². The van der Waals surface area contributed by atoms with Crippen LogP contribution in [0.1, 0.15) is 11.4 Å². The number of nitrogens with zero attached hydrogens (tertiary/aromatic N) is 1. The zero-order valence-corrected chi connectivity index (χ0v) is 18.0. The molecule has 1 aromatic heterocycles. The molecule has 0 fully saturated rings. The maximum atomic E-state index is 12.5. The van der Waals surface area contributed by atoms with Gasteiger partial charge in [-0.2, -0.15) is 0 Å². The molecule has 0 spiro atoms. The van der Waals surface area contributed by atoms with Crippen LogP contribution in [0.15, 0.2) is 35.1 Å². The van der Waals surface area contributed by atoms with Gasteiger partial charge in [0.25, 0.3) is 5.56 Å². The fraction of sp³-hybridized carbons (Fsp3) is 0.364. The number of methoxy groups -OCH3 is 4. The minimum absolute atomic E-state index is 0.191. The van der Waals surface area contributed by atoms with Gasteiger partial charge in [-0.3, -0.25) is 4.79 Å². The summed E-state index contributed by atoms with van der Waals surface area (Å²) in [6.45, 7) is 1.45. The molecule has 0 amide bonds. The van der Waals surface area contributed by atoms with Gasteiger partial charge in [0.1, 0.15) is 6.54 Å². The third-order valence-electron chi connectivity index (χ3n) is 5.02. The average Bonchev–Trinajstić information content (AvgIpc) is 2.76. The van der Waals surface area contributed by atoms with Gasteiger partial charge in [-0.25, -0.2) is 4.98 Å². The molecule has 1 heterocycles. The van der Waals surface area contributed by atoms with Crippen molar-refractivity contribution in [1.82, 2.24) is 9.97 Å². The van der Waals surface area contributed by atoms with E-state index in [-0.39, 0.29) is 5.56 Å². The Labute approximate surface area is 175 Å². The third kappa shape index (κ3) is 4.65. The molecule has 2 aromatic carbocycles.